The molecule has 6 heteroatoms. The van der Waals surface area contributed by atoms with Gasteiger partial charge in [-0.1, -0.05) is 29.8 Å². The highest BCUT2D eigenvalue weighted by molar-refractivity contribution is 6.31. The van der Waals surface area contributed by atoms with Crippen molar-refractivity contribution in [3.05, 3.63) is 47.1 Å². The van der Waals surface area contributed by atoms with Gasteiger partial charge in [-0.05, 0) is 32.4 Å². The van der Waals surface area contributed by atoms with Crippen molar-refractivity contribution in [2.45, 2.75) is 32.9 Å². The number of hydrogen-bond donors (Lipinski definition) is 2. The number of hydrogen-bond acceptors (Lipinski definition) is 3. The number of nitrogens with one attached hydrogen (secondary N) is 2. The van der Waals surface area contributed by atoms with E-state index in [1.165, 1.54) is 0 Å². The molecule has 0 radical (unpaired) electrons. The largest absolute Gasteiger partial charge is 0.310 e. The van der Waals surface area contributed by atoms with Gasteiger partial charge >= 0.3 is 0 Å². The summed E-state index contributed by atoms with van der Waals surface area (Å²) in [7, 11) is 0. The van der Waals surface area contributed by atoms with Crippen molar-refractivity contribution in [1.82, 2.24) is 15.1 Å². The van der Waals surface area contributed by atoms with Crippen LogP contribution < -0.4 is 10.6 Å². The Morgan fingerprint density at radius 2 is 2.00 bits per heavy atom. The molecular weight excluding hydrogens is 300 g/mol. The molecule has 22 heavy (non-hydrogen) atoms. The van der Waals surface area contributed by atoms with Gasteiger partial charge in [-0.3, -0.25) is 4.79 Å². The normalized spacial score (nSPS) is 12.4. The molecule has 0 fully saturated rings. The van der Waals surface area contributed by atoms with Gasteiger partial charge in [-0.25, -0.2) is 4.68 Å². The van der Waals surface area contributed by atoms with Gasteiger partial charge in [0.2, 0.25) is 5.91 Å². The van der Waals surface area contributed by atoms with E-state index in [1.54, 1.807) is 16.9 Å². The Kier molecular flexibility index (Phi) is 5.57. The lowest BCUT2D eigenvalue weighted by Gasteiger charge is -2.16. The molecule has 0 saturated heterocycles. The highest BCUT2D eigenvalue weighted by Gasteiger charge is 2.12. The topological polar surface area (TPSA) is 59.0 Å². The summed E-state index contributed by atoms with van der Waals surface area (Å²) >= 11 is 6.15. The Bertz CT molecular complexity index is 639. The van der Waals surface area contributed by atoms with Crippen LogP contribution in [0.4, 0.5) is 5.82 Å². The minimum Gasteiger partial charge on any atom is -0.310 e. The van der Waals surface area contributed by atoms with E-state index >= 15 is 0 Å². The fraction of sp³-hybridized carbons (Fsp3) is 0.375. The van der Waals surface area contributed by atoms with E-state index in [4.69, 9.17) is 11.6 Å². The van der Waals surface area contributed by atoms with Crippen molar-refractivity contribution in [1.29, 1.82) is 0 Å². The van der Waals surface area contributed by atoms with Crippen molar-refractivity contribution >= 4 is 23.3 Å². The third kappa shape index (κ3) is 4.08. The second-order valence-corrected chi connectivity index (χ2v) is 5.83. The maximum atomic E-state index is 12.1. The molecule has 1 aromatic carbocycles. The van der Waals surface area contributed by atoms with Crippen LogP contribution in [0, 0.1) is 0 Å². The highest BCUT2D eigenvalue weighted by Crippen LogP contribution is 2.21. The molecule has 0 aliphatic carbocycles. The zero-order valence-corrected chi connectivity index (χ0v) is 13.8. The van der Waals surface area contributed by atoms with Crippen molar-refractivity contribution in [2.75, 3.05) is 11.9 Å². The van der Waals surface area contributed by atoms with Crippen LogP contribution in [0.15, 0.2) is 36.5 Å². The molecule has 1 heterocycles. The fourth-order valence-electron chi connectivity index (χ4n) is 2.19. The standard InChI is InChI=1S/C16H21ClN4O/c1-11(2)21-15(8-9-19-21)20-16(22)10-18-12(3)13-6-4-5-7-14(13)17/h4-9,11-12,18H,10H2,1-3H3,(H,20,22)/t12-/m1/s1. The zero-order chi connectivity index (χ0) is 16.1. The van der Waals surface area contributed by atoms with Crippen LogP contribution in [0.25, 0.3) is 0 Å². The number of halogens is 1. The summed E-state index contributed by atoms with van der Waals surface area (Å²) in [4.78, 5) is 12.1. The molecule has 0 aliphatic rings. The second kappa shape index (κ2) is 7.42. The number of benzene rings is 1. The molecule has 0 saturated carbocycles. The van der Waals surface area contributed by atoms with Crippen LogP contribution in [0.3, 0.4) is 0 Å². The summed E-state index contributed by atoms with van der Waals surface area (Å²) < 4.78 is 1.77. The number of rotatable bonds is 6. The molecule has 0 aliphatic heterocycles. The van der Waals surface area contributed by atoms with Crippen molar-refractivity contribution in [3.63, 3.8) is 0 Å². The fourth-order valence-corrected chi connectivity index (χ4v) is 2.49. The first-order chi connectivity index (χ1) is 10.5. The molecule has 2 rings (SSSR count). The van der Waals surface area contributed by atoms with Gasteiger partial charge in [0.1, 0.15) is 5.82 Å². The highest BCUT2D eigenvalue weighted by atomic mass is 35.5. The Morgan fingerprint density at radius 1 is 1.27 bits per heavy atom. The van der Waals surface area contributed by atoms with Gasteiger partial charge in [0, 0.05) is 23.2 Å². The van der Waals surface area contributed by atoms with E-state index < -0.39 is 0 Å². The van der Waals surface area contributed by atoms with Crippen LogP contribution in [0.5, 0.6) is 0 Å². The summed E-state index contributed by atoms with van der Waals surface area (Å²) in [6.45, 7) is 6.21. The molecule has 5 nitrogen and oxygen atoms in total. The third-order valence-electron chi connectivity index (χ3n) is 3.37. The van der Waals surface area contributed by atoms with Gasteiger partial charge in [0.25, 0.3) is 0 Å². The molecule has 118 valence electrons. The third-order valence-corrected chi connectivity index (χ3v) is 3.71. The molecular formula is C16H21ClN4O. The van der Waals surface area contributed by atoms with E-state index in [0.717, 1.165) is 5.56 Å². The minimum atomic E-state index is -0.110. The maximum Gasteiger partial charge on any atom is 0.239 e. The van der Waals surface area contributed by atoms with Gasteiger partial charge < -0.3 is 10.6 Å². The van der Waals surface area contributed by atoms with Crippen LogP contribution >= 0.6 is 11.6 Å². The van der Waals surface area contributed by atoms with Crippen molar-refractivity contribution in [2.24, 2.45) is 0 Å². The quantitative estimate of drug-likeness (QED) is 0.857. The van der Waals surface area contributed by atoms with Gasteiger partial charge in [-0.2, -0.15) is 5.10 Å². The van der Waals surface area contributed by atoms with E-state index in [2.05, 4.69) is 15.7 Å². The minimum absolute atomic E-state index is 0.00513. The van der Waals surface area contributed by atoms with Crippen molar-refractivity contribution < 1.29 is 4.79 Å². The number of carbonyl (C=O) groups excluding carboxylic acids is 1. The summed E-state index contributed by atoms with van der Waals surface area (Å²) in [5.41, 5.74) is 0.976. The van der Waals surface area contributed by atoms with Gasteiger partial charge in [0.15, 0.2) is 0 Å². The van der Waals surface area contributed by atoms with Crippen LogP contribution in [-0.4, -0.2) is 22.2 Å². The average Bonchev–Trinajstić information content (AvgIpc) is 2.93. The Balaban J connectivity index is 1.90. The molecule has 0 unspecified atom stereocenters. The predicted molar refractivity (Wildman–Crippen MR) is 89.1 cm³/mol. The summed E-state index contributed by atoms with van der Waals surface area (Å²) in [6, 6.07) is 9.59. The summed E-state index contributed by atoms with van der Waals surface area (Å²) in [6.07, 6.45) is 1.68. The maximum absolute atomic E-state index is 12.1. The first-order valence-electron chi connectivity index (χ1n) is 7.30. The van der Waals surface area contributed by atoms with E-state index in [9.17, 15) is 4.79 Å². The molecule has 2 N–H and O–H groups in total. The lowest BCUT2D eigenvalue weighted by atomic mass is 10.1. The van der Waals surface area contributed by atoms with E-state index in [0.29, 0.717) is 10.8 Å². The van der Waals surface area contributed by atoms with Crippen molar-refractivity contribution in [3.8, 4) is 0 Å². The van der Waals surface area contributed by atoms with E-state index in [1.807, 2.05) is 45.0 Å². The lowest BCUT2D eigenvalue weighted by Crippen LogP contribution is -2.31. The number of amides is 1. The average molecular weight is 321 g/mol. The molecule has 1 amide bonds. The summed E-state index contributed by atoms with van der Waals surface area (Å²) in [5, 5.41) is 10.9. The van der Waals surface area contributed by atoms with Crippen LogP contribution in [-0.2, 0) is 4.79 Å². The zero-order valence-electron chi connectivity index (χ0n) is 13.0. The molecule has 1 atom stereocenters. The number of aromatic nitrogens is 2. The predicted octanol–water partition coefficient (Wildman–Crippen LogP) is 3.41. The first kappa shape index (κ1) is 16.5. The molecule has 1 aromatic heterocycles. The van der Waals surface area contributed by atoms with E-state index in [-0.39, 0.29) is 24.5 Å². The van der Waals surface area contributed by atoms with Gasteiger partial charge in [0.05, 0.1) is 12.7 Å². The second-order valence-electron chi connectivity index (χ2n) is 5.43. The smallest absolute Gasteiger partial charge is 0.239 e. The Morgan fingerprint density at radius 3 is 2.68 bits per heavy atom. The molecule has 0 spiro atoms. The van der Waals surface area contributed by atoms with Gasteiger partial charge in [-0.15, -0.1) is 0 Å². The number of nitrogens with zero attached hydrogens (tertiary/aromatic N) is 2. The lowest BCUT2D eigenvalue weighted by molar-refractivity contribution is -0.115. The number of anilines is 1. The molecule has 2 aromatic rings. The number of carbonyl (C=O) groups is 1. The van der Waals surface area contributed by atoms with Crippen LogP contribution in [0.1, 0.15) is 38.4 Å². The monoisotopic (exact) mass is 320 g/mol. The Labute approximate surface area is 135 Å². The Hall–Kier alpha value is -1.85. The van der Waals surface area contributed by atoms with Crippen LogP contribution in [0.2, 0.25) is 5.02 Å². The molecule has 0 bridgehead atoms. The SMILES string of the molecule is CC(C)n1nccc1NC(=O)CN[C@H](C)c1ccccc1Cl. The summed E-state index contributed by atoms with van der Waals surface area (Å²) in [5.74, 6) is 0.591. The first-order valence-corrected chi connectivity index (χ1v) is 7.68.